The predicted molar refractivity (Wildman–Crippen MR) is 79.9 cm³/mol. The van der Waals surface area contributed by atoms with Crippen LogP contribution in [0, 0.1) is 0 Å². The fraction of sp³-hybridized carbons (Fsp3) is 0.286. The highest BCUT2D eigenvalue weighted by atomic mass is 32.2. The van der Waals surface area contributed by atoms with Gasteiger partial charge in [0, 0.05) is 18.0 Å². The van der Waals surface area contributed by atoms with E-state index in [0.717, 1.165) is 27.8 Å². The molecule has 5 nitrogen and oxygen atoms in total. The molecule has 0 atom stereocenters. The second kappa shape index (κ2) is 5.20. The van der Waals surface area contributed by atoms with E-state index in [1.54, 1.807) is 10.7 Å². The Balaban J connectivity index is 2.14. The summed E-state index contributed by atoms with van der Waals surface area (Å²) in [7, 11) is 0. The van der Waals surface area contributed by atoms with Crippen molar-refractivity contribution in [1.29, 1.82) is 0 Å². The van der Waals surface area contributed by atoms with Gasteiger partial charge in [-0.05, 0) is 24.3 Å². The van der Waals surface area contributed by atoms with Crippen molar-refractivity contribution >= 4 is 17.4 Å². The zero-order chi connectivity index (χ0) is 14.1. The Labute approximate surface area is 121 Å². The highest BCUT2D eigenvalue weighted by Gasteiger charge is 2.11. The molecule has 0 saturated heterocycles. The van der Waals surface area contributed by atoms with Crippen molar-refractivity contribution in [3.05, 3.63) is 36.3 Å². The second-order valence-electron chi connectivity index (χ2n) is 4.76. The molecule has 3 heterocycles. The highest BCUT2D eigenvalue weighted by Crippen LogP contribution is 2.22. The number of hydrogen-bond donors (Lipinski definition) is 0. The Morgan fingerprint density at radius 3 is 2.70 bits per heavy atom. The van der Waals surface area contributed by atoms with Gasteiger partial charge in [0.1, 0.15) is 0 Å². The van der Waals surface area contributed by atoms with Crippen molar-refractivity contribution in [1.82, 2.24) is 24.6 Å². The third-order valence-corrected chi connectivity index (χ3v) is 3.66. The lowest BCUT2D eigenvalue weighted by Crippen LogP contribution is -1.97. The van der Waals surface area contributed by atoms with E-state index in [0.29, 0.717) is 5.92 Å². The lowest BCUT2D eigenvalue weighted by molar-refractivity contribution is 0.871. The molecule has 20 heavy (non-hydrogen) atoms. The standard InChI is InChI=1S/C14H15N5S/c1-9(2)10-8-16-19-7-5-12(17-13(10)19)11-4-6-15-14(18-11)20-3/h4-9H,1-3H3. The quantitative estimate of drug-likeness (QED) is 0.547. The topological polar surface area (TPSA) is 56.0 Å². The Morgan fingerprint density at radius 1 is 1.15 bits per heavy atom. The summed E-state index contributed by atoms with van der Waals surface area (Å²) in [5.41, 5.74) is 3.72. The molecular weight excluding hydrogens is 270 g/mol. The van der Waals surface area contributed by atoms with Crippen LogP contribution in [0.2, 0.25) is 0 Å². The molecule has 102 valence electrons. The normalized spacial score (nSPS) is 11.4. The number of fused-ring (bicyclic) bond motifs is 1. The fourth-order valence-corrected chi connectivity index (χ4v) is 2.37. The zero-order valence-corrected chi connectivity index (χ0v) is 12.4. The monoisotopic (exact) mass is 285 g/mol. The average Bonchev–Trinajstić information content (AvgIpc) is 2.90. The Morgan fingerprint density at radius 2 is 1.95 bits per heavy atom. The van der Waals surface area contributed by atoms with Crippen molar-refractivity contribution in [3.63, 3.8) is 0 Å². The van der Waals surface area contributed by atoms with E-state index in [9.17, 15) is 0 Å². The molecule has 0 aliphatic heterocycles. The summed E-state index contributed by atoms with van der Waals surface area (Å²) < 4.78 is 1.80. The van der Waals surface area contributed by atoms with Crippen LogP contribution in [0.15, 0.2) is 35.9 Å². The first kappa shape index (κ1) is 13.1. The number of rotatable bonds is 3. The summed E-state index contributed by atoms with van der Waals surface area (Å²) in [4.78, 5) is 13.4. The summed E-state index contributed by atoms with van der Waals surface area (Å²) in [5.74, 6) is 0.391. The number of aromatic nitrogens is 5. The van der Waals surface area contributed by atoms with E-state index in [4.69, 9.17) is 4.98 Å². The van der Waals surface area contributed by atoms with Gasteiger partial charge in [0.2, 0.25) is 0 Å². The van der Waals surface area contributed by atoms with Gasteiger partial charge >= 0.3 is 0 Å². The van der Waals surface area contributed by atoms with Crippen LogP contribution >= 0.6 is 11.8 Å². The third-order valence-electron chi connectivity index (χ3n) is 3.10. The van der Waals surface area contributed by atoms with Crippen LogP contribution in [0.4, 0.5) is 0 Å². The van der Waals surface area contributed by atoms with E-state index in [2.05, 4.69) is 28.9 Å². The Kier molecular flexibility index (Phi) is 3.40. The molecule has 0 N–H and O–H groups in total. The molecule has 0 unspecified atom stereocenters. The molecule has 3 rings (SSSR count). The third kappa shape index (κ3) is 2.27. The molecule has 0 bridgehead atoms. The fourth-order valence-electron chi connectivity index (χ4n) is 2.02. The van der Waals surface area contributed by atoms with Crippen molar-refractivity contribution in [2.24, 2.45) is 0 Å². The molecule has 0 aromatic carbocycles. The number of thioether (sulfide) groups is 1. The molecule has 0 radical (unpaired) electrons. The van der Waals surface area contributed by atoms with E-state index in [1.165, 1.54) is 11.8 Å². The lowest BCUT2D eigenvalue weighted by atomic mass is 10.1. The van der Waals surface area contributed by atoms with Gasteiger partial charge in [-0.1, -0.05) is 25.6 Å². The molecule has 0 amide bonds. The van der Waals surface area contributed by atoms with E-state index in [1.807, 2.05) is 30.8 Å². The smallest absolute Gasteiger partial charge is 0.187 e. The Hall–Kier alpha value is -1.95. The zero-order valence-electron chi connectivity index (χ0n) is 11.6. The minimum Gasteiger partial charge on any atom is -0.231 e. The van der Waals surface area contributed by atoms with Gasteiger partial charge in [0.05, 0.1) is 17.6 Å². The van der Waals surface area contributed by atoms with Gasteiger partial charge < -0.3 is 0 Å². The predicted octanol–water partition coefficient (Wildman–Crippen LogP) is 3.03. The van der Waals surface area contributed by atoms with Crippen molar-refractivity contribution < 1.29 is 0 Å². The Bertz CT molecular complexity index is 750. The lowest BCUT2D eigenvalue weighted by Gasteiger charge is -2.04. The molecule has 0 spiro atoms. The maximum Gasteiger partial charge on any atom is 0.187 e. The number of nitrogens with zero attached hydrogens (tertiary/aromatic N) is 5. The largest absolute Gasteiger partial charge is 0.231 e. The number of hydrogen-bond acceptors (Lipinski definition) is 5. The van der Waals surface area contributed by atoms with Gasteiger partial charge in [0.25, 0.3) is 0 Å². The second-order valence-corrected chi connectivity index (χ2v) is 5.54. The first-order valence-electron chi connectivity index (χ1n) is 6.40. The average molecular weight is 285 g/mol. The van der Waals surface area contributed by atoms with Crippen molar-refractivity contribution in [2.75, 3.05) is 6.26 Å². The highest BCUT2D eigenvalue weighted by molar-refractivity contribution is 7.98. The van der Waals surface area contributed by atoms with Gasteiger partial charge in [-0.3, -0.25) is 0 Å². The maximum absolute atomic E-state index is 4.70. The van der Waals surface area contributed by atoms with E-state index < -0.39 is 0 Å². The van der Waals surface area contributed by atoms with Crippen LogP contribution in [-0.4, -0.2) is 30.8 Å². The molecule has 3 aromatic heterocycles. The first-order valence-corrected chi connectivity index (χ1v) is 7.63. The van der Waals surface area contributed by atoms with Crippen LogP contribution in [0.1, 0.15) is 25.3 Å². The van der Waals surface area contributed by atoms with Gasteiger partial charge in [-0.2, -0.15) is 5.10 Å². The van der Waals surface area contributed by atoms with Gasteiger partial charge in [0.15, 0.2) is 10.8 Å². The molecule has 0 aliphatic rings. The molecular formula is C14H15N5S. The summed E-state index contributed by atoms with van der Waals surface area (Å²) in [6.07, 6.45) is 7.53. The van der Waals surface area contributed by atoms with Crippen molar-refractivity contribution in [3.8, 4) is 11.4 Å². The van der Waals surface area contributed by atoms with E-state index >= 15 is 0 Å². The van der Waals surface area contributed by atoms with Gasteiger partial charge in [-0.15, -0.1) is 0 Å². The molecule has 0 fully saturated rings. The summed E-state index contributed by atoms with van der Waals surface area (Å²) in [6.45, 7) is 4.28. The van der Waals surface area contributed by atoms with Crippen LogP contribution in [0.3, 0.4) is 0 Å². The summed E-state index contributed by atoms with van der Waals surface area (Å²) in [6, 6.07) is 3.81. The molecule has 6 heteroatoms. The molecule has 0 saturated carbocycles. The first-order chi connectivity index (χ1) is 9.69. The summed E-state index contributed by atoms with van der Waals surface area (Å²) in [5, 5.41) is 5.08. The van der Waals surface area contributed by atoms with Crippen LogP contribution in [0.5, 0.6) is 0 Å². The minimum atomic E-state index is 0.391. The summed E-state index contributed by atoms with van der Waals surface area (Å²) >= 11 is 1.52. The van der Waals surface area contributed by atoms with Crippen LogP contribution in [-0.2, 0) is 0 Å². The SMILES string of the molecule is CSc1nccc(-c2ccn3ncc(C(C)C)c3n2)n1. The minimum absolute atomic E-state index is 0.391. The van der Waals surface area contributed by atoms with Gasteiger partial charge in [-0.25, -0.2) is 19.5 Å². The van der Waals surface area contributed by atoms with E-state index in [-0.39, 0.29) is 0 Å². The molecule has 3 aromatic rings. The molecule has 0 aliphatic carbocycles. The maximum atomic E-state index is 4.70. The van der Waals surface area contributed by atoms with Crippen molar-refractivity contribution in [2.45, 2.75) is 24.9 Å². The van der Waals surface area contributed by atoms with Crippen LogP contribution in [0.25, 0.3) is 17.0 Å². The van der Waals surface area contributed by atoms with Crippen LogP contribution < -0.4 is 0 Å².